The van der Waals surface area contributed by atoms with Gasteiger partial charge in [0, 0.05) is 34.9 Å². The molecule has 1 atom stereocenters. The van der Waals surface area contributed by atoms with Crippen molar-refractivity contribution >= 4 is 22.2 Å². The number of carbonyl (C=O) groups excluding carboxylic acids is 1. The van der Waals surface area contributed by atoms with Gasteiger partial charge in [0.2, 0.25) is 0 Å². The highest BCUT2D eigenvalue weighted by Gasteiger charge is 2.41. The molecule has 1 aliphatic carbocycles. The number of Topliss-reactive ketones (excluding diaryl/α,β-unsaturated/α-hetero) is 1. The summed E-state index contributed by atoms with van der Waals surface area (Å²) in [6, 6.07) is 19.1. The summed E-state index contributed by atoms with van der Waals surface area (Å²) in [5.41, 5.74) is 4.11. The highest BCUT2D eigenvalue weighted by atomic mass is 19.1. The molecule has 2 nitrogen and oxygen atoms in total. The van der Waals surface area contributed by atoms with Crippen molar-refractivity contribution in [2.75, 3.05) is 5.32 Å². The summed E-state index contributed by atoms with van der Waals surface area (Å²) in [4.78, 5) is 13.3. The summed E-state index contributed by atoms with van der Waals surface area (Å²) < 4.78 is 15.0. The first-order valence-electron chi connectivity index (χ1n) is 9.74. The van der Waals surface area contributed by atoms with Gasteiger partial charge in [0.05, 0.1) is 0 Å². The van der Waals surface area contributed by atoms with E-state index in [-0.39, 0.29) is 22.9 Å². The average Bonchev–Trinajstić information content (AvgIpc) is 2.65. The lowest BCUT2D eigenvalue weighted by atomic mass is 9.68. The lowest BCUT2D eigenvalue weighted by molar-refractivity contribution is -0.118. The van der Waals surface area contributed by atoms with Gasteiger partial charge < -0.3 is 5.32 Å². The Bertz CT molecular complexity index is 1160. The van der Waals surface area contributed by atoms with Crippen molar-refractivity contribution in [1.29, 1.82) is 0 Å². The number of nitrogens with one attached hydrogen (secondary N) is 1. The number of ketones is 1. The second-order valence-corrected chi connectivity index (χ2v) is 8.66. The van der Waals surface area contributed by atoms with E-state index in [4.69, 9.17) is 0 Å². The van der Waals surface area contributed by atoms with E-state index in [0.29, 0.717) is 12.0 Å². The van der Waals surface area contributed by atoms with Crippen molar-refractivity contribution in [3.05, 3.63) is 88.9 Å². The van der Waals surface area contributed by atoms with Gasteiger partial charge in [-0.25, -0.2) is 4.39 Å². The van der Waals surface area contributed by atoms with Gasteiger partial charge in [-0.3, -0.25) is 4.79 Å². The van der Waals surface area contributed by atoms with Crippen molar-refractivity contribution in [2.45, 2.75) is 32.6 Å². The van der Waals surface area contributed by atoms with Crippen LogP contribution in [0, 0.1) is 11.2 Å². The maximum absolute atomic E-state index is 15.0. The monoisotopic (exact) mass is 371 g/mol. The van der Waals surface area contributed by atoms with E-state index in [1.807, 2.05) is 24.3 Å². The molecule has 0 saturated heterocycles. The van der Waals surface area contributed by atoms with Gasteiger partial charge in [-0.1, -0.05) is 62.4 Å². The first kappa shape index (κ1) is 17.2. The molecule has 1 N–H and O–H groups in total. The molecule has 0 bridgehead atoms. The molecule has 2 aliphatic rings. The molecule has 140 valence electrons. The number of rotatable bonds is 1. The molecule has 3 aromatic rings. The molecule has 0 unspecified atom stereocenters. The SMILES string of the molecule is CC1(C)CC(=O)C2=C(C1)Nc1ccc3ccccc3c1[C@H]2c1ccccc1F. The first-order chi connectivity index (χ1) is 13.4. The zero-order chi connectivity index (χ0) is 19.5. The second-order valence-electron chi connectivity index (χ2n) is 8.66. The lowest BCUT2D eigenvalue weighted by Gasteiger charge is -2.40. The van der Waals surface area contributed by atoms with Crippen LogP contribution in [0.3, 0.4) is 0 Å². The maximum Gasteiger partial charge on any atom is 0.162 e. The molecule has 0 spiro atoms. The largest absolute Gasteiger partial charge is 0.358 e. The van der Waals surface area contributed by atoms with Crippen LogP contribution < -0.4 is 5.32 Å². The third-order valence-electron chi connectivity index (χ3n) is 5.97. The van der Waals surface area contributed by atoms with Gasteiger partial charge in [0.25, 0.3) is 0 Å². The van der Waals surface area contributed by atoms with E-state index in [0.717, 1.165) is 39.7 Å². The van der Waals surface area contributed by atoms with E-state index >= 15 is 0 Å². The van der Waals surface area contributed by atoms with Crippen LogP contribution in [0.15, 0.2) is 71.9 Å². The molecule has 1 heterocycles. The average molecular weight is 371 g/mol. The van der Waals surface area contributed by atoms with Gasteiger partial charge in [-0.15, -0.1) is 0 Å². The molecular weight excluding hydrogens is 349 g/mol. The minimum absolute atomic E-state index is 0.100. The van der Waals surface area contributed by atoms with Crippen molar-refractivity contribution < 1.29 is 9.18 Å². The Morgan fingerprint density at radius 3 is 2.54 bits per heavy atom. The summed E-state index contributed by atoms with van der Waals surface area (Å²) in [7, 11) is 0. The highest BCUT2D eigenvalue weighted by molar-refractivity contribution is 6.04. The van der Waals surface area contributed by atoms with Crippen molar-refractivity contribution in [3.8, 4) is 0 Å². The number of anilines is 1. The maximum atomic E-state index is 15.0. The summed E-state index contributed by atoms with van der Waals surface area (Å²) in [6.45, 7) is 4.23. The van der Waals surface area contributed by atoms with Crippen LogP contribution in [-0.4, -0.2) is 5.78 Å². The zero-order valence-corrected chi connectivity index (χ0v) is 16.1. The molecular formula is C25H22FNO. The number of carbonyl (C=O) groups is 1. The van der Waals surface area contributed by atoms with Gasteiger partial charge in [-0.05, 0) is 40.3 Å². The molecule has 3 aromatic carbocycles. The van der Waals surface area contributed by atoms with Gasteiger partial charge >= 0.3 is 0 Å². The van der Waals surface area contributed by atoms with E-state index in [1.54, 1.807) is 6.07 Å². The minimum atomic E-state index is -0.387. The van der Waals surface area contributed by atoms with Crippen LogP contribution in [0.5, 0.6) is 0 Å². The predicted octanol–water partition coefficient (Wildman–Crippen LogP) is 6.18. The smallest absolute Gasteiger partial charge is 0.162 e. The van der Waals surface area contributed by atoms with Crippen LogP contribution in [-0.2, 0) is 4.79 Å². The molecule has 0 saturated carbocycles. The van der Waals surface area contributed by atoms with E-state index < -0.39 is 0 Å². The topological polar surface area (TPSA) is 29.1 Å². The standard InChI is InChI=1S/C25H22FNO/c1-25(2)13-20-24(21(28)14-25)23(17-9-5-6-10-18(17)26)22-16-8-4-3-7-15(16)11-12-19(22)27-20/h3-12,23,27H,13-14H2,1-2H3/t23-/m1/s1. The number of fused-ring (bicyclic) bond motifs is 3. The van der Waals surface area contributed by atoms with E-state index in [1.165, 1.54) is 6.07 Å². The van der Waals surface area contributed by atoms with Crippen LogP contribution in [0.25, 0.3) is 10.8 Å². The van der Waals surface area contributed by atoms with E-state index in [9.17, 15) is 9.18 Å². The summed E-state index contributed by atoms with van der Waals surface area (Å²) in [5, 5.41) is 5.69. The molecule has 0 aromatic heterocycles. The quantitative estimate of drug-likeness (QED) is 0.553. The highest BCUT2D eigenvalue weighted by Crippen LogP contribution is 2.51. The first-order valence-corrected chi connectivity index (χ1v) is 9.74. The van der Waals surface area contributed by atoms with Crippen molar-refractivity contribution in [3.63, 3.8) is 0 Å². The summed E-state index contributed by atoms with van der Waals surface area (Å²) in [6.07, 6.45) is 1.27. The summed E-state index contributed by atoms with van der Waals surface area (Å²) in [5.74, 6) is -0.537. The summed E-state index contributed by atoms with van der Waals surface area (Å²) >= 11 is 0. The number of allylic oxidation sites excluding steroid dienone is 2. The molecule has 0 fully saturated rings. The van der Waals surface area contributed by atoms with Crippen molar-refractivity contribution in [2.24, 2.45) is 5.41 Å². The normalized spacial score (nSPS) is 20.5. The van der Waals surface area contributed by atoms with Gasteiger partial charge in [0.15, 0.2) is 5.78 Å². The third kappa shape index (κ3) is 2.57. The predicted molar refractivity (Wildman–Crippen MR) is 111 cm³/mol. The molecule has 28 heavy (non-hydrogen) atoms. The molecule has 3 heteroatoms. The lowest BCUT2D eigenvalue weighted by Crippen LogP contribution is -2.34. The van der Waals surface area contributed by atoms with Gasteiger partial charge in [0.1, 0.15) is 5.82 Å². The number of hydrogen-bond donors (Lipinski definition) is 1. The minimum Gasteiger partial charge on any atom is -0.358 e. The number of halogens is 1. The fraction of sp³-hybridized carbons (Fsp3) is 0.240. The molecule has 1 aliphatic heterocycles. The molecule has 5 rings (SSSR count). The zero-order valence-electron chi connectivity index (χ0n) is 16.1. The molecule has 0 amide bonds. The van der Waals surface area contributed by atoms with Crippen LogP contribution in [0.4, 0.5) is 10.1 Å². The van der Waals surface area contributed by atoms with Crippen molar-refractivity contribution in [1.82, 2.24) is 0 Å². The third-order valence-corrected chi connectivity index (χ3v) is 5.97. The van der Waals surface area contributed by atoms with Crippen LogP contribution in [0.2, 0.25) is 0 Å². The Kier molecular flexibility index (Phi) is 3.70. The van der Waals surface area contributed by atoms with E-state index in [2.05, 4.69) is 43.4 Å². The Hall–Kier alpha value is -2.94. The Morgan fingerprint density at radius 2 is 1.71 bits per heavy atom. The van der Waals surface area contributed by atoms with Crippen LogP contribution >= 0.6 is 0 Å². The second kappa shape index (κ2) is 6.03. The Labute approximate surface area is 164 Å². The number of hydrogen-bond acceptors (Lipinski definition) is 2. The molecule has 0 radical (unpaired) electrons. The number of benzene rings is 3. The van der Waals surface area contributed by atoms with Gasteiger partial charge in [-0.2, -0.15) is 0 Å². The fourth-order valence-electron chi connectivity index (χ4n) is 4.82. The Balaban J connectivity index is 1.84. The Morgan fingerprint density at radius 1 is 0.964 bits per heavy atom. The van der Waals surface area contributed by atoms with Crippen LogP contribution in [0.1, 0.15) is 43.7 Å². The fourth-order valence-corrected chi connectivity index (χ4v) is 4.82.